The van der Waals surface area contributed by atoms with E-state index in [1.165, 1.54) is 6.33 Å². The Balaban J connectivity index is 2.04. The van der Waals surface area contributed by atoms with Crippen LogP contribution in [0.5, 0.6) is 0 Å². The van der Waals surface area contributed by atoms with Gasteiger partial charge < -0.3 is 19.6 Å². The highest BCUT2D eigenvalue weighted by atomic mass is 32.1. The normalized spacial score (nSPS) is 24.5. The Labute approximate surface area is 101 Å². The van der Waals surface area contributed by atoms with E-state index in [2.05, 4.69) is 15.0 Å². The number of H-pyrrole nitrogens is 1. The van der Waals surface area contributed by atoms with Gasteiger partial charge in [0.1, 0.15) is 5.52 Å². The van der Waals surface area contributed by atoms with Crippen molar-refractivity contribution in [2.24, 2.45) is 0 Å². The molecule has 8 heteroatoms. The molecule has 7 nitrogen and oxygen atoms in total. The van der Waals surface area contributed by atoms with Crippen molar-refractivity contribution >= 4 is 23.4 Å². The summed E-state index contributed by atoms with van der Waals surface area (Å²) in [5.74, 6) is 0. The van der Waals surface area contributed by atoms with E-state index in [4.69, 9.17) is 26.8 Å². The zero-order chi connectivity index (χ0) is 11.8. The third-order valence-corrected chi connectivity index (χ3v) is 2.87. The predicted octanol–water partition coefficient (Wildman–Crippen LogP) is 0.353. The number of aliphatic hydroxyl groups excluding tert-OH is 1. The molecule has 0 bridgehead atoms. The van der Waals surface area contributed by atoms with Crippen LogP contribution in [0.15, 0.2) is 12.7 Å². The zero-order valence-electron chi connectivity index (χ0n) is 8.74. The molecule has 2 atom stereocenters. The molecule has 1 aliphatic heterocycles. The van der Waals surface area contributed by atoms with E-state index in [1.807, 2.05) is 0 Å². The van der Waals surface area contributed by atoms with Crippen LogP contribution in [0.1, 0.15) is 6.23 Å². The molecule has 3 rings (SSSR count). The van der Waals surface area contributed by atoms with Crippen LogP contribution in [-0.4, -0.2) is 44.1 Å². The second-order valence-electron chi connectivity index (χ2n) is 3.59. The SMILES string of the molecule is OC[C@@H]1OC[C@H](n2cnc3[nH]cnc(=S)c32)O1. The highest BCUT2D eigenvalue weighted by molar-refractivity contribution is 7.71. The summed E-state index contributed by atoms with van der Waals surface area (Å²) >= 11 is 5.15. The highest BCUT2D eigenvalue weighted by Gasteiger charge is 2.28. The molecule has 0 spiro atoms. The lowest BCUT2D eigenvalue weighted by Gasteiger charge is -2.11. The van der Waals surface area contributed by atoms with E-state index in [-0.39, 0.29) is 12.8 Å². The molecular weight excluding hydrogens is 244 g/mol. The molecule has 2 N–H and O–H groups in total. The largest absolute Gasteiger partial charge is 0.391 e. The van der Waals surface area contributed by atoms with Crippen LogP contribution in [-0.2, 0) is 9.47 Å². The van der Waals surface area contributed by atoms with Crippen molar-refractivity contribution in [1.29, 1.82) is 0 Å². The van der Waals surface area contributed by atoms with Gasteiger partial charge in [0, 0.05) is 0 Å². The number of nitrogens with one attached hydrogen (secondary N) is 1. The number of fused-ring (bicyclic) bond motifs is 1. The van der Waals surface area contributed by atoms with Crippen molar-refractivity contribution in [2.45, 2.75) is 12.5 Å². The lowest BCUT2D eigenvalue weighted by molar-refractivity contribution is -0.0980. The molecule has 0 aromatic carbocycles. The molecule has 1 fully saturated rings. The predicted molar refractivity (Wildman–Crippen MR) is 59.7 cm³/mol. The Kier molecular flexibility index (Phi) is 2.63. The fourth-order valence-electron chi connectivity index (χ4n) is 1.80. The minimum absolute atomic E-state index is 0.172. The molecule has 90 valence electrons. The molecule has 0 aliphatic carbocycles. The van der Waals surface area contributed by atoms with Gasteiger partial charge in [0.05, 0.1) is 25.9 Å². The van der Waals surface area contributed by atoms with E-state index in [9.17, 15) is 0 Å². The Bertz CT molecular complexity index is 595. The van der Waals surface area contributed by atoms with Gasteiger partial charge in [0.25, 0.3) is 0 Å². The van der Waals surface area contributed by atoms with Gasteiger partial charge in [-0.25, -0.2) is 9.97 Å². The van der Waals surface area contributed by atoms with E-state index in [1.54, 1.807) is 10.9 Å². The maximum Gasteiger partial charge on any atom is 0.183 e. The maximum atomic E-state index is 8.94. The van der Waals surface area contributed by atoms with Crippen molar-refractivity contribution in [1.82, 2.24) is 19.5 Å². The summed E-state index contributed by atoms with van der Waals surface area (Å²) in [5.41, 5.74) is 1.36. The van der Waals surface area contributed by atoms with Crippen LogP contribution in [0.25, 0.3) is 11.2 Å². The molecule has 1 aliphatic rings. The van der Waals surface area contributed by atoms with Gasteiger partial charge in [-0.15, -0.1) is 0 Å². The maximum absolute atomic E-state index is 8.94. The van der Waals surface area contributed by atoms with Crippen LogP contribution in [0.2, 0.25) is 0 Å². The first kappa shape index (κ1) is 10.8. The van der Waals surface area contributed by atoms with E-state index in [0.29, 0.717) is 22.4 Å². The molecule has 0 amide bonds. The Morgan fingerprint density at radius 2 is 2.47 bits per heavy atom. The second-order valence-corrected chi connectivity index (χ2v) is 3.98. The summed E-state index contributed by atoms with van der Waals surface area (Å²) in [6.07, 6.45) is 2.19. The van der Waals surface area contributed by atoms with Crippen molar-refractivity contribution in [2.75, 3.05) is 13.2 Å². The average molecular weight is 254 g/mol. The third-order valence-electron chi connectivity index (χ3n) is 2.57. The van der Waals surface area contributed by atoms with Crippen molar-refractivity contribution in [3.63, 3.8) is 0 Å². The van der Waals surface area contributed by atoms with Crippen LogP contribution in [0.3, 0.4) is 0 Å². The van der Waals surface area contributed by atoms with Gasteiger partial charge in [-0.3, -0.25) is 4.57 Å². The van der Waals surface area contributed by atoms with E-state index in [0.717, 1.165) is 0 Å². The summed E-state index contributed by atoms with van der Waals surface area (Å²) in [5, 5.41) is 8.94. The number of nitrogens with zero attached hydrogens (tertiary/aromatic N) is 3. The minimum Gasteiger partial charge on any atom is -0.391 e. The quantitative estimate of drug-likeness (QED) is 0.752. The first-order chi connectivity index (χ1) is 8.29. The smallest absolute Gasteiger partial charge is 0.183 e. The summed E-state index contributed by atoms with van der Waals surface area (Å²) in [6, 6.07) is 0. The number of hydrogen-bond donors (Lipinski definition) is 2. The molecule has 0 radical (unpaired) electrons. The van der Waals surface area contributed by atoms with Crippen molar-refractivity contribution in [3.05, 3.63) is 17.3 Å². The number of imidazole rings is 1. The summed E-state index contributed by atoms with van der Waals surface area (Å²) in [4.78, 5) is 11.1. The second kappa shape index (κ2) is 4.15. The third kappa shape index (κ3) is 1.75. The van der Waals surface area contributed by atoms with Crippen LogP contribution < -0.4 is 0 Å². The fourth-order valence-corrected chi connectivity index (χ4v) is 2.05. The zero-order valence-corrected chi connectivity index (χ0v) is 9.55. The number of aliphatic hydroxyl groups is 1. The van der Waals surface area contributed by atoms with Gasteiger partial charge in [0.15, 0.2) is 22.8 Å². The number of rotatable bonds is 2. The average Bonchev–Trinajstić information content (AvgIpc) is 2.94. The van der Waals surface area contributed by atoms with Crippen molar-refractivity contribution < 1.29 is 14.6 Å². The van der Waals surface area contributed by atoms with Crippen LogP contribution >= 0.6 is 12.2 Å². The lowest BCUT2D eigenvalue weighted by atomic mass is 10.5. The molecule has 17 heavy (non-hydrogen) atoms. The Hall–Kier alpha value is -1.35. The number of hydrogen-bond acceptors (Lipinski definition) is 6. The molecule has 2 aromatic heterocycles. The summed E-state index contributed by atoms with van der Waals surface area (Å²) in [7, 11) is 0. The fraction of sp³-hybridized carbons (Fsp3) is 0.444. The standard InChI is InChI=1S/C9H10N4O3S/c14-1-6-15-2-5(16-6)13-4-12-8-7(13)9(17)11-3-10-8/h3-6,14H,1-2H2,(H,10,11,17)/t5-,6-/m1/s1. The molecule has 1 saturated heterocycles. The van der Waals surface area contributed by atoms with Gasteiger partial charge in [0.2, 0.25) is 0 Å². The first-order valence-corrected chi connectivity index (χ1v) is 5.48. The molecule has 2 aromatic rings. The van der Waals surface area contributed by atoms with E-state index < -0.39 is 6.29 Å². The summed E-state index contributed by atoms with van der Waals surface area (Å²) in [6.45, 7) is 0.175. The van der Waals surface area contributed by atoms with Crippen molar-refractivity contribution in [3.8, 4) is 0 Å². The summed E-state index contributed by atoms with van der Waals surface area (Å²) < 4.78 is 12.9. The monoisotopic (exact) mass is 254 g/mol. The molecular formula is C9H10N4O3S. The number of aromatic nitrogens is 4. The van der Waals surface area contributed by atoms with Gasteiger partial charge in [-0.1, -0.05) is 12.2 Å². The van der Waals surface area contributed by atoms with Crippen LogP contribution in [0, 0.1) is 4.64 Å². The van der Waals surface area contributed by atoms with Crippen LogP contribution in [0.4, 0.5) is 0 Å². The molecule has 0 saturated carbocycles. The minimum atomic E-state index is -0.591. The molecule has 0 unspecified atom stereocenters. The lowest BCUT2D eigenvalue weighted by Crippen LogP contribution is -2.15. The number of aromatic amines is 1. The Morgan fingerprint density at radius 1 is 1.59 bits per heavy atom. The number of ether oxygens (including phenoxy) is 2. The van der Waals surface area contributed by atoms with Gasteiger partial charge >= 0.3 is 0 Å². The Morgan fingerprint density at radius 3 is 3.24 bits per heavy atom. The van der Waals surface area contributed by atoms with Gasteiger partial charge in [-0.2, -0.15) is 0 Å². The van der Waals surface area contributed by atoms with E-state index >= 15 is 0 Å². The van der Waals surface area contributed by atoms with Gasteiger partial charge in [-0.05, 0) is 0 Å². The topological polar surface area (TPSA) is 85.2 Å². The first-order valence-electron chi connectivity index (χ1n) is 5.07. The molecule has 3 heterocycles. The highest BCUT2D eigenvalue weighted by Crippen LogP contribution is 2.24.